The molecule has 0 saturated heterocycles. The van der Waals surface area contributed by atoms with E-state index in [0.717, 1.165) is 27.2 Å². The number of nitrogens with one attached hydrogen (secondary N) is 1. The number of amides is 2. The first-order valence-corrected chi connectivity index (χ1v) is 15.7. The molecule has 166 valence electrons. The van der Waals surface area contributed by atoms with Gasteiger partial charge in [0.2, 0.25) is 5.91 Å². The number of benzene rings is 2. The molecule has 2 aromatic rings. The van der Waals surface area contributed by atoms with Gasteiger partial charge < -0.3 is 25.8 Å². The number of hydrogen-bond acceptors (Lipinski definition) is 5. The highest BCUT2D eigenvalue weighted by atomic mass is 128. The Kier molecular flexibility index (Phi) is 10.5. The number of carboxylic acids is 1. The van der Waals surface area contributed by atoms with Gasteiger partial charge in [0.1, 0.15) is 13.2 Å². The molecule has 0 aliphatic heterocycles. The van der Waals surface area contributed by atoms with Crippen molar-refractivity contribution in [1.82, 2.24) is 10.2 Å². The second-order valence-corrected chi connectivity index (χ2v) is 6.67. The average molecular weight is 651 g/mol. The molecule has 2 aromatic carbocycles. The molecule has 0 saturated carbocycles. The zero-order chi connectivity index (χ0) is 22.8. The summed E-state index contributed by atoms with van der Waals surface area (Å²) in [4.78, 5) is 35.6. The maximum Gasteiger partial charge on any atom is 0.407 e. The highest BCUT2D eigenvalue weighted by molar-refractivity contribution is 15.0. The maximum atomic E-state index is 12.1. The van der Waals surface area contributed by atoms with Crippen LogP contribution in [0.5, 0.6) is 0 Å². The molecule has 4 N–H and O–H groups in total. The molecule has 31 heavy (non-hydrogen) atoms. The first-order valence-electron chi connectivity index (χ1n) is 9.44. The van der Waals surface area contributed by atoms with Crippen molar-refractivity contribution in [2.45, 2.75) is 5.92 Å². The van der Waals surface area contributed by atoms with Crippen LogP contribution in [0.4, 0.5) is 4.79 Å². The van der Waals surface area contributed by atoms with Crippen LogP contribution in [0, 0.1) is 0 Å². The molecule has 10 heteroatoms. The van der Waals surface area contributed by atoms with Gasteiger partial charge in [-0.3, -0.25) is 9.59 Å². The molecule has 0 spiro atoms. The molecule has 8 nitrogen and oxygen atoms in total. The lowest BCUT2D eigenvalue weighted by atomic mass is 9.98. The standard InChI is InChI=1S/C21H23N3O5.I2/c22-11-19(25)24(12-20(26)27)10-9-23-21(28)29-13-18-16-7-3-1-5-14(16)15-6-2-4-8-17(15)18;1-2/h1-8,18H,9-13,22H2,(H,23,28)(H,26,27);. The van der Waals surface area contributed by atoms with Crippen LogP contribution in [-0.4, -0.2) is 60.8 Å². The number of nitrogens with zero attached hydrogens (tertiary/aromatic N) is 1. The van der Waals surface area contributed by atoms with Gasteiger partial charge in [-0.1, -0.05) is 48.5 Å². The van der Waals surface area contributed by atoms with Crippen LogP contribution in [0.2, 0.25) is 0 Å². The van der Waals surface area contributed by atoms with Crippen LogP contribution in [0.3, 0.4) is 0 Å². The van der Waals surface area contributed by atoms with Crippen LogP contribution < -0.4 is 11.1 Å². The smallest absolute Gasteiger partial charge is 0.407 e. The number of carbonyl (C=O) groups is 3. The average Bonchev–Trinajstić information content (AvgIpc) is 3.11. The van der Waals surface area contributed by atoms with Gasteiger partial charge in [0.25, 0.3) is 0 Å². The summed E-state index contributed by atoms with van der Waals surface area (Å²) in [6, 6.07) is 16.1. The first-order chi connectivity index (χ1) is 15.0. The molecule has 0 aromatic heterocycles. The Labute approximate surface area is 203 Å². The number of aliphatic carboxylic acids is 1. The monoisotopic (exact) mass is 651 g/mol. The summed E-state index contributed by atoms with van der Waals surface area (Å²) < 4.78 is 5.39. The van der Waals surface area contributed by atoms with Crippen LogP contribution in [0.25, 0.3) is 11.1 Å². The summed E-state index contributed by atoms with van der Waals surface area (Å²) >= 11 is 4.24. The van der Waals surface area contributed by atoms with Gasteiger partial charge in [-0.05, 0) is 22.3 Å². The first kappa shape index (κ1) is 25.3. The highest BCUT2D eigenvalue weighted by Crippen LogP contribution is 2.44. The van der Waals surface area contributed by atoms with E-state index in [1.54, 1.807) is 0 Å². The summed E-state index contributed by atoms with van der Waals surface area (Å²) in [5.74, 6) is -1.69. The van der Waals surface area contributed by atoms with Crippen molar-refractivity contribution < 1.29 is 24.2 Å². The Morgan fingerprint density at radius 3 is 2.10 bits per heavy atom. The summed E-state index contributed by atoms with van der Waals surface area (Å²) in [7, 11) is 0. The van der Waals surface area contributed by atoms with Gasteiger partial charge in [-0.15, -0.1) is 0 Å². The number of ether oxygens (including phenoxy) is 1. The third-order valence-electron chi connectivity index (χ3n) is 4.85. The summed E-state index contributed by atoms with van der Waals surface area (Å²) in [6.07, 6.45) is -0.623. The zero-order valence-corrected chi connectivity index (χ0v) is 20.9. The van der Waals surface area contributed by atoms with E-state index in [-0.39, 0.29) is 32.2 Å². The molecule has 1 aliphatic rings. The molecule has 0 bridgehead atoms. The summed E-state index contributed by atoms with van der Waals surface area (Å²) in [5.41, 5.74) is 9.79. The minimum absolute atomic E-state index is 0.0343. The van der Waals surface area contributed by atoms with E-state index in [0.29, 0.717) is 0 Å². The maximum absolute atomic E-state index is 12.1. The molecule has 0 fully saturated rings. The fourth-order valence-corrected chi connectivity index (χ4v) is 3.53. The number of rotatable bonds is 8. The number of fused-ring (bicyclic) bond motifs is 3. The topological polar surface area (TPSA) is 122 Å². The van der Waals surface area contributed by atoms with E-state index >= 15 is 0 Å². The molecule has 0 unspecified atom stereocenters. The molecule has 0 radical (unpaired) electrons. The molecule has 0 heterocycles. The van der Waals surface area contributed by atoms with Crippen molar-refractivity contribution in [2.75, 3.05) is 32.8 Å². The van der Waals surface area contributed by atoms with E-state index in [4.69, 9.17) is 15.6 Å². The van der Waals surface area contributed by atoms with Gasteiger partial charge >= 0.3 is 12.1 Å². The van der Waals surface area contributed by atoms with E-state index < -0.39 is 24.5 Å². The van der Waals surface area contributed by atoms with Crippen LogP contribution >= 0.6 is 37.2 Å². The Morgan fingerprint density at radius 2 is 1.58 bits per heavy atom. The number of alkyl carbamates (subject to hydrolysis) is 1. The predicted octanol–water partition coefficient (Wildman–Crippen LogP) is 3.17. The number of hydrogen-bond donors (Lipinski definition) is 3. The zero-order valence-electron chi connectivity index (χ0n) is 16.6. The van der Waals surface area contributed by atoms with E-state index in [2.05, 4.69) is 54.7 Å². The van der Waals surface area contributed by atoms with Crippen LogP contribution in [-0.2, 0) is 14.3 Å². The van der Waals surface area contributed by atoms with Crippen molar-refractivity contribution >= 4 is 55.2 Å². The van der Waals surface area contributed by atoms with Crippen molar-refractivity contribution in [3.05, 3.63) is 59.7 Å². The molecular formula is C21H23I2N3O5. The lowest BCUT2D eigenvalue weighted by molar-refractivity contribution is -0.143. The van der Waals surface area contributed by atoms with Gasteiger partial charge in [0.15, 0.2) is 0 Å². The van der Waals surface area contributed by atoms with Crippen molar-refractivity contribution in [2.24, 2.45) is 5.73 Å². The van der Waals surface area contributed by atoms with E-state index in [1.165, 1.54) is 0 Å². The fourth-order valence-electron chi connectivity index (χ4n) is 3.53. The lowest BCUT2D eigenvalue weighted by Gasteiger charge is -2.20. The van der Waals surface area contributed by atoms with Gasteiger partial charge in [0, 0.05) is 56.2 Å². The highest BCUT2D eigenvalue weighted by Gasteiger charge is 2.29. The number of nitrogens with two attached hydrogens (primary N) is 1. The Hall–Kier alpha value is -1.93. The molecule has 0 atom stereocenters. The molecule has 2 amide bonds. The molecule has 3 rings (SSSR count). The second-order valence-electron chi connectivity index (χ2n) is 6.67. The van der Waals surface area contributed by atoms with Gasteiger partial charge in [0.05, 0.1) is 6.54 Å². The molecular weight excluding hydrogens is 628 g/mol. The van der Waals surface area contributed by atoms with Crippen molar-refractivity contribution in [1.29, 1.82) is 0 Å². The number of carbonyl (C=O) groups excluding carboxylic acids is 2. The third-order valence-corrected chi connectivity index (χ3v) is 4.85. The quantitative estimate of drug-likeness (QED) is 0.378. The lowest BCUT2D eigenvalue weighted by Crippen LogP contribution is -2.44. The van der Waals surface area contributed by atoms with Crippen LogP contribution in [0.1, 0.15) is 17.0 Å². The largest absolute Gasteiger partial charge is 0.480 e. The summed E-state index contributed by atoms with van der Waals surface area (Å²) in [6.45, 7) is -0.483. The molecule has 1 aliphatic carbocycles. The fraction of sp³-hybridized carbons (Fsp3) is 0.286. The number of halogens is 2. The number of carboxylic acid groups (broad SMARTS) is 1. The van der Waals surface area contributed by atoms with Crippen LogP contribution in [0.15, 0.2) is 48.5 Å². The second kappa shape index (κ2) is 12.8. The van der Waals surface area contributed by atoms with Crippen molar-refractivity contribution in [3.8, 4) is 11.1 Å². The minimum Gasteiger partial charge on any atom is -0.480 e. The Morgan fingerprint density at radius 1 is 1.03 bits per heavy atom. The van der Waals surface area contributed by atoms with Crippen molar-refractivity contribution in [3.63, 3.8) is 0 Å². The Bertz CT molecular complexity index is 880. The third kappa shape index (κ3) is 6.77. The van der Waals surface area contributed by atoms with Gasteiger partial charge in [-0.25, -0.2) is 4.79 Å². The van der Waals surface area contributed by atoms with E-state index in [1.807, 2.05) is 36.4 Å². The SMILES string of the molecule is II.NCC(=O)N(CCNC(=O)OCC1c2ccccc2-c2ccccc21)CC(=O)O. The van der Waals surface area contributed by atoms with E-state index in [9.17, 15) is 14.4 Å². The summed E-state index contributed by atoms with van der Waals surface area (Å²) in [5, 5.41) is 11.4. The Balaban J connectivity index is 0.00000166. The predicted molar refractivity (Wildman–Crippen MR) is 134 cm³/mol. The normalized spacial score (nSPS) is 11.5. The van der Waals surface area contributed by atoms with Gasteiger partial charge in [-0.2, -0.15) is 0 Å². The minimum atomic E-state index is -1.15.